The molecule has 0 fully saturated rings. The highest BCUT2D eigenvalue weighted by Crippen LogP contribution is 2.36. The summed E-state index contributed by atoms with van der Waals surface area (Å²) in [6.45, 7) is 5.77. The van der Waals surface area contributed by atoms with E-state index in [9.17, 15) is 33.9 Å². The minimum absolute atomic E-state index is 0.0452. The quantitative estimate of drug-likeness (QED) is 0.0293. The molecule has 8 aromatic rings. The van der Waals surface area contributed by atoms with E-state index in [1.807, 2.05) is 18.3 Å². The number of carboxylic acids is 1. The molecule has 25 nitrogen and oxygen atoms in total. The third-order valence-electron chi connectivity index (χ3n) is 12.2. The second-order valence-electron chi connectivity index (χ2n) is 18.1. The molecule has 0 bridgehead atoms. The number of ether oxygens (including phenoxy) is 3. The number of H-pyrrole nitrogens is 1. The molecule has 8 rings (SSSR count). The number of benzene rings is 2. The van der Waals surface area contributed by atoms with Crippen LogP contribution in [0.4, 0.5) is 21.7 Å². The molecule has 27 heteroatoms. The van der Waals surface area contributed by atoms with Crippen LogP contribution in [0.3, 0.4) is 0 Å². The molecule has 6 heterocycles. The SMILES string of the molecule is Cc1nc2ccc(-c3cnc(OCCCCCn4cc(COCCOCCNC(=O)[C@H](CCC(=O)O)NC(=O)c5ccc(NCc6cnc7nc(N)[nH]c(=O)c7n6)cc5)nn4)nc3)nc2c(N[C@H](C)c2cc(C#N)ccc2F)c1Cl. The molecule has 414 valence electrons. The molecular weight excluding hydrogens is 1060 g/mol. The van der Waals surface area contributed by atoms with Gasteiger partial charge in [-0.25, -0.2) is 34.3 Å². The number of anilines is 3. The summed E-state index contributed by atoms with van der Waals surface area (Å²) in [4.78, 5) is 82.6. The summed E-state index contributed by atoms with van der Waals surface area (Å²) in [5.74, 6) is -2.76. The molecular formula is C53H55ClFN17O8. The predicted molar refractivity (Wildman–Crippen MR) is 291 cm³/mol. The number of fused-ring (bicyclic) bond motifs is 2. The lowest BCUT2D eigenvalue weighted by Gasteiger charge is -2.20. The van der Waals surface area contributed by atoms with Crippen molar-refractivity contribution in [3.05, 3.63) is 134 Å². The fraction of sp³-hybridized carbons (Fsp3) is 0.321. The third kappa shape index (κ3) is 15.5. The van der Waals surface area contributed by atoms with Crippen molar-refractivity contribution in [1.82, 2.24) is 65.5 Å². The number of nitrogens with two attached hydrogens (primary N) is 1. The second-order valence-corrected chi connectivity index (χ2v) is 18.5. The number of aromatic nitrogens is 11. The van der Waals surface area contributed by atoms with E-state index in [0.717, 1.165) is 19.3 Å². The lowest BCUT2D eigenvalue weighted by atomic mass is 10.0. The standard InChI is InChI=1S/C53H55ClFN17O8/c1-30(38-22-32(23-56)6-11-39(38)55)64-46-44(54)31(2)63-41-13-12-40(66-45(41)46)34-24-61-53(62-25-34)80-18-5-3-4-17-72-28-37(70-71-72)29-79-21-20-78-19-16-58-50(76)42(14-15-43(73)74)67-49(75)33-7-9-35(10-8-33)59-26-36-27-60-48-47(65-36)51(77)69-52(57)68-48/h6-13,22,24-25,27-28,30,42,59H,3-5,14-21,26,29H2,1-2H3,(H,58,76)(H,63,64)(H,67,75)(H,73,74)(H3,57,60,68,69,77)/t30-,42+/m1/s1. The first-order valence-electron chi connectivity index (χ1n) is 25.3. The number of nitrogen functional groups attached to an aromatic ring is 1. The van der Waals surface area contributed by atoms with Crippen LogP contribution in [0.2, 0.25) is 5.02 Å². The number of nitrogens with zero attached hydrogens (tertiary/aromatic N) is 11. The number of aryl methyl sites for hydroxylation is 2. The lowest BCUT2D eigenvalue weighted by molar-refractivity contribution is -0.137. The van der Waals surface area contributed by atoms with E-state index in [0.29, 0.717) is 80.0 Å². The van der Waals surface area contributed by atoms with E-state index in [2.05, 4.69) is 66.5 Å². The van der Waals surface area contributed by atoms with Gasteiger partial charge in [-0.15, -0.1) is 5.10 Å². The Labute approximate surface area is 460 Å². The average molecular weight is 1110 g/mol. The Morgan fingerprint density at radius 2 is 1.73 bits per heavy atom. The van der Waals surface area contributed by atoms with Gasteiger partial charge in [-0.3, -0.25) is 28.8 Å². The summed E-state index contributed by atoms with van der Waals surface area (Å²) >= 11 is 6.73. The van der Waals surface area contributed by atoms with Crippen molar-refractivity contribution in [2.24, 2.45) is 0 Å². The van der Waals surface area contributed by atoms with Crippen LogP contribution in [-0.4, -0.2) is 117 Å². The summed E-state index contributed by atoms with van der Waals surface area (Å²) in [6, 6.07) is 14.8. The summed E-state index contributed by atoms with van der Waals surface area (Å²) in [5, 5.41) is 39.0. The zero-order chi connectivity index (χ0) is 56.5. The maximum Gasteiger partial charge on any atom is 0.316 e. The Morgan fingerprint density at radius 3 is 2.51 bits per heavy atom. The molecule has 6 aromatic heterocycles. The van der Waals surface area contributed by atoms with E-state index in [1.54, 1.807) is 61.3 Å². The van der Waals surface area contributed by atoms with Crippen LogP contribution in [0.1, 0.15) is 83.6 Å². The molecule has 0 saturated carbocycles. The van der Waals surface area contributed by atoms with Gasteiger partial charge < -0.3 is 46.3 Å². The fourth-order valence-electron chi connectivity index (χ4n) is 8.06. The van der Waals surface area contributed by atoms with Gasteiger partial charge in [0.2, 0.25) is 11.9 Å². The number of pyridine rings is 2. The number of unbranched alkanes of at least 4 members (excludes halogenated alkanes) is 2. The number of carbonyl (C=O) groups is 3. The van der Waals surface area contributed by atoms with Gasteiger partial charge in [0.15, 0.2) is 11.2 Å². The van der Waals surface area contributed by atoms with Crippen LogP contribution >= 0.6 is 11.6 Å². The summed E-state index contributed by atoms with van der Waals surface area (Å²) in [6.07, 6.45) is 8.47. The molecule has 2 aromatic carbocycles. The van der Waals surface area contributed by atoms with E-state index in [1.165, 1.54) is 24.4 Å². The molecule has 8 N–H and O–H groups in total. The smallest absolute Gasteiger partial charge is 0.316 e. The maximum absolute atomic E-state index is 14.8. The number of aliphatic carboxylic acids is 1. The predicted octanol–water partition coefficient (Wildman–Crippen LogP) is 5.61. The van der Waals surface area contributed by atoms with Crippen LogP contribution < -0.4 is 37.3 Å². The number of rotatable bonds is 28. The Hall–Kier alpha value is -9.32. The van der Waals surface area contributed by atoms with E-state index in [-0.39, 0.29) is 81.0 Å². The van der Waals surface area contributed by atoms with E-state index < -0.39 is 41.2 Å². The van der Waals surface area contributed by atoms with Crippen molar-refractivity contribution in [2.75, 3.05) is 49.3 Å². The number of halogens is 2. The van der Waals surface area contributed by atoms with Crippen molar-refractivity contribution in [1.29, 1.82) is 5.26 Å². The molecule has 2 amide bonds. The second kappa shape index (κ2) is 27.3. The number of aromatic amines is 1. The van der Waals surface area contributed by atoms with Gasteiger partial charge in [0, 0.05) is 54.3 Å². The highest BCUT2D eigenvalue weighted by Gasteiger charge is 2.23. The minimum Gasteiger partial charge on any atom is -0.481 e. The van der Waals surface area contributed by atoms with Crippen LogP contribution in [0.25, 0.3) is 33.5 Å². The summed E-state index contributed by atoms with van der Waals surface area (Å²) in [5.41, 5.74) is 11.2. The van der Waals surface area contributed by atoms with Gasteiger partial charge in [-0.05, 0) is 94.1 Å². The number of amides is 2. The minimum atomic E-state index is -1.12. The van der Waals surface area contributed by atoms with Crippen LogP contribution in [-0.2, 0) is 38.8 Å². The van der Waals surface area contributed by atoms with E-state index >= 15 is 0 Å². The van der Waals surface area contributed by atoms with Crippen molar-refractivity contribution in [2.45, 2.75) is 77.7 Å². The number of carboxylic acid groups (broad SMARTS) is 1. The summed E-state index contributed by atoms with van der Waals surface area (Å²) < 4.78 is 33.6. The molecule has 0 saturated heterocycles. The normalized spacial score (nSPS) is 11.9. The molecule has 0 aliphatic heterocycles. The zero-order valence-electron chi connectivity index (χ0n) is 43.4. The largest absolute Gasteiger partial charge is 0.481 e. The Kier molecular flexibility index (Phi) is 19.4. The molecule has 0 aliphatic carbocycles. The van der Waals surface area contributed by atoms with Gasteiger partial charge in [-0.1, -0.05) is 16.8 Å². The first-order chi connectivity index (χ1) is 38.7. The highest BCUT2D eigenvalue weighted by molar-refractivity contribution is 6.35. The van der Waals surface area contributed by atoms with Crippen molar-refractivity contribution >= 4 is 68.9 Å². The third-order valence-corrected chi connectivity index (χ3v) is 12.7. The molecule has 2 atom stereocenters. The fourth-order valence-corrected chi connectivity index (χ4v) is 8.24. The molecule has 0 radical (unpaired) electrons. The zero-order valence-corrected chi connectivity index (χ0v) is 44.2. The van der Waals surface area contributed by atoms with Gasteiger partial charge in [0.1, 0.15) is 23.1 Å². The summed E-state index contributed by atoms with van der Waals surface area (Å²) in [7, 11) is 0. The number of hydrogen-bond acceptors (Lipinski definition) is 20. The number of nitriles is 1. The first kappa shape index (κ1) is 56.9. The van der Waals surface area contributed by atoms with Gasteiger partial charge in [0.05, 0.1) is 103 Å². The van der Waals surface area contributed by atoms with Crippen LogP contribution in [0.15, 0.2) is 84.2 Å². The van der Waals surface area contributed by atoms with Crippen molar-refractivity contribution in [3.63, 3.8) is 0 Å². The molecule has 0 unspecified atom stereocenters. The molecule has 0 aliphatic rings. The Balaban J connectivity index is 0.688. The van der Waals surface area contributed by atoms with Crippen molar-refractivity contribution < 1.29 is 38.1 Å². The Morgan fingerprint density at radius 1 is 0.925 bits per heavy atom. The first-order valence-corrected chi connectivity index (χ1v) is 25.7. The van der Waals surface area contributed by atoms with Crippen LogP contribution in [0, 0.1) is 24.1 Å². The van der Waals surface area contributed by atoms with Crippen LogP contribution in [0.5, 0.6) is 6.01 Å². The van der Waals surface area contributed by atoms with Gasteiger partial charge in [-0.2, -0.15) is 10.2 Å². The maximum atomic E-state index is 14.8. The lowest BCUT2D eigenvalue weighted by Crippen LogP contribution is -2.47. The number of hydrogen-bond donors (Lipinski definition) is 7. The van der Waals surface area contributed by atoms with Crippen molar-refractivity contribution in [3.8, 4) is 23.3 Å². The number of nitrogens with one attached hydrogen (secondary N) is 5. The molecule has 80 heavy (non-hydrogen) atoms. The topological polar surface area (TPSA) is 351 Å². The monoisotopic (exact) mass is 1110 g/mol. The molecule has 0 spiro atoms. The number of carbonyl (C=O) groups excluding carboxylic acids is 2. The van der Waals surface area contributed by atoms with E-state index in [4.69, 9.17) is 36.5 Å². The van der Waals surface area contributed by atoms with Gasteiger partial charge >= 0.3 is 12.0 Å². The Bertz CT molecular complexity index is 3580. The van der Waals surface area contributed by atoms with Gasteiger partial charge in [0.25, 0.3) is 11.5 Å². The highest BCUT2D eigenvalue weighted by atomic mass is 35.5. The average Bonchev–Trinajstić information content (AvgIpc) is 3.92.